The van der Waals surface area contributed by atoms with Crippen molar-refractivity contribution < 1.29 is 4.79 Å². The van der Waals surface area contributed by atoms with Gasteiger partial charge in [0.05, 0.1) is 6.04 Å². The van der Waals surface area contributed by atoms with Crippen LogP contribution in [-0.4, -0.2) is 29.8 Å². The van der Waals surface area contributed by atoms with Crippen LogP contribution in [0.4, 0.5) is 0 Å². The van der Waals surface area contributed by atoms with E-state index in [1.165, 1.54) is 12.8 Å². The molecule has 1 saturated carbocycles. The zero-order valence-electron chi connectivity index (χ0n) is 6.50. The zero-order valence-corrected chi connectivity index (χ0v) is 6.50. The molecule has 0 N–H and O–H groups in total. The molecular formula is C8H13NO. The summed E-state index contributed by atoms with van der Waals surface area (Å²) in [6.07, 6.45) is 3.62. The molecule has 2 heteroatoms. The van der Waals surface area contributed by atoms with E-state index in [1.807, 2.05) is 0 Å². The smallest absolute Gasteiger partial charge is 0.139 e. The Morgan fingerprint density at radius 3 is 2.50 bits per heavy atom. The quantitative estimate of drug-likeness (QED) is 0.393. The standard InChI is InChI=1S/C8H13NO/c1-6-3-4-8(6)7(5-10)9(8)2/h5-7H,3-4H2,1-2H3. The molecule has 1 spiro atoms. The van der Waals surface area contributed by atoms with Crippen molar-refractivity contribution in [2.75, 3.05) is 7.05 Å². The van der Waals surface area contributed by atoms with Crippen molar-refractivity contribution >= 4 is 6.29 Å². The van der Waals surface area contributed by atoms with Crippen molar-refractivity contribution in [3.05, 3.63) is 0 Å². The van der Waals surface area contributed by atoms with Crippen molar-refractivity contribution in [2.24, 2.45) is 5.92 Å². The molecule has 0 amide bonds. The molecule has 1 aliphatic heterocycles. The molecule has 0 aromatic carbocycles. The number of likely N-dealkylation sites (N-methyl/N-ethyl adjacent to an activating group) is 1. The molecule has 4 unspecified atom stereocenters. The number of hydrogen-bond acceptors (Lipinski definition) is 2. The van der Waals surface area contributed by atoms with E-state index in [9.17, 15) is 4.79 Å². The number of aldehydes is 1. The first kappa shape index (κ1) is 6.35. The average Bonchev–Trinajstić information content (AvgIpc) is 2.55. The number of carbonyl (C=O) groups excluding carboxylic acids is 1. The second kappa shape index (κ2) is 1.62. The molecule has 2 rings (SSSR count). The lowest BCUT2D eigenvalue weighted by Gasteiger charge is -2.34. The van der Waals surface area contributed by atoms with Gasteiger partial charge in [-0.3, -0.25) is 4.90 Å². The fourth-order valence-corrected chi connectivity index (χ4v) is 2.42. The highest BCUT2D eigenvalue weighted by Gasteiger charge is 2.67. The van der Waals surface area contributed by atoms with E-state index in [4.69, 9.17) is 0 Å². The Balaban J connectivity index is 2.14. The minimum Gasteiger partial charge on any atom is -0.302 e. The minimum absolute atomic E-state index is 0.247. The molecule has 0 radical (unpaired) electrons. The Morgan fingerprint density at radius 2 is 2.40 bits per heavy atom. The van der Waals surface area contributed by atoms with Crippen LogP contribution in [0.2, 0.25) is 0 Å². The Kier molecular flexibility index (Phi) is 1.03. The largest absolute Gasteiger partial charge is 0.302 e. The molecule has 2 aliphatic rings. The molecule has 0 bridgehead atoms. The Morgan fingerprint density at radius 1 is 1.70 bits per heavy atom. The molecule has 56 valence electrons. The van der Waals surface area contributed by atoms with Crippen LogP contribution in [0.3, 0.4) is 0 Å². The van der Waals surface area contributed by atoms with Gasteiger partial charge >= 0.3 is 0 Å². The lowest BCUT2D eigenvalue weighted by atomic mass is 9.72. The maximum Gasteiger partial charge on any atom is 0.139 e. The summed E-state index contributed by atoms with van der Waals surface area (Å²) in [5.41, 5.74) is 0.321. The van der Waals surface area contributed by atoms with Gasteiger partial charge in [0, 0.05) is 5.54 Å². The van der Waals surface area contributed by atoms with Gasteiger partial charge in [0.2, 0.25) is 0 Å². The van der Waals surface area contributed by atoms with Crippen LogP contribution in [-0.2, 0) is 4.79 Å². The Bertz CT molecular complexity index is 180. The summed E-state index contributed by atoms with van der Waals surface area (Å²) < 4.78 is 0. The molecule has 1 heterocycles. The van der Waals surface area contributed by atoms with Crippen LogP contribution in [0.1, 0.15) is 19.8 Å². The molecule has 1 saturated heterocycles. The van der Waals surface area contributed by atoms with Crippen molar-refractivity contribution in [1.29, 1.82) is 0 Å². The van der Waals surface area contributed by atoms with E-state index in [1.54, 1.807) is 0 Å². The third-order valence-corrected chi connectivity index (χ3v) is 3.48. The summed E-state index contributed by atoms with van der Waals surface area (Å²) in [5.74, 6) is 0.743. The van der Waals surface area contributed by atoms with Crippen LogP contribution >= 0.6 is 0 Å². The topological polar surface area (TPSA) is 20.1 Å². The van der Waals surface area contributed by atoms with Gasteiger partial charge in [0.1, 0.15) is 6.29 Å². The van der Waals surface area contributed by atoms with Crippen LogP contribution < -0.4 is 0 Å². The maximum atomic E-state index is 10.5. The normalized spacial score (nSPS) is 58.0. The van der Waals surface area contributed by atoms with Gasteiger partial charge in [0.15, 0.2) is 0 Å². The van der Waals surface area contributed by atoms with Crippen molar-refractivity contribution in [3.8, 4) is 0 Å². The predicted octanol–water partition coefficient (Wildman–Crippen LogP) is 0.668. The van der Waals surface area contributed by atoms with Crippen molar-refractivity contribution in [2.45, 2.75) is 31.3 Å². The summed E-state index contributed by atoms with van der Waals surface area (Å²) in [4.78, 5) is 12.7. The Hall–Kier alpha value is -0.370. The van der Waals surface area contributed by atoms with Crippen LogP contribution in [0.25, 0.3) is 0 Å². The Labute approximate surface area is 61.2 Å². The van der Waals surface area contributed by atoms with Crippen molar-refractivity contribution in [1.82, 2.24) is 4.90 Å². The fraction of sp³-hybridized carbons (Fsp3) is 0.875. The van der Waals surface area contributed by atoms with Gasteiger partial charge in [-0.2, -0.15) is 0 Å². The summed E-state index contributed by atoms with van der Waals surface area (Å²) >= 11 is 0. The lowest BCUT2D eigenvalue weighted by Crippen LogP contribution is -2.37. The molecule has 0 aromatic rings. The number of nitrogens with zero attached hydrogens (tertiary/aromatic N) is 1. The molecule has 4 atom stereocenters. The first-order valence-electron chi connectivity index (χ1n) is 3.91. The number of hydrogen-bond donors (Lipinski definition) is 0. The van der Waals surface area contributed by atoms with Gasteiger partial charge in [-0.15, -0.1) is 0 Å². The van der Waals surface area contributed by atoms with Crippen LogP contribution in [0, 0.1) is 5.92 Å². The highest BCUT2D eigenvalue weighted by molar-refractivity contribution is 5.67. The molecule has 10 heavy (non-hydrogen) atoms. The summed E-state index contributed by atoms with van der Waals surface area (Å²) in [6.45, 7) is 2.24. The van der Waals surface area contributed by atoms with E-state index >= 15 is 0 Å². The zero-order chi connectivity index (χ0) is 7.35. The third-order valence-electron chi connectivity index (χ3n) is 3.48. The van der Waals surface area contributed by atoms with Gasteiger partial charge in [-0.05, 0) is 25.8 Å². The summed E-state index contributed by atoms with van der Waals surface area (Å²) in [5, 5.41) is 0. The van der Waals surface area contributed by atoms with E-state index in [0.717, 1.165) is 12.2 Å². The summed E-state index contributed by atoms with van der Waals surface area (Å²) in [7, 11) is 2.05. The fourth-order valence-electron chi connectivity index (χ4n) is 2.42. The second-order valence-corrected chi connectivity index (χ2v) is 3.62. The first-order valence-corrected chi connectivity index (χ1v) is 3.91. The number of carbonyl (C=O) groups is 1. The van der Waals surface area contributed by atoms with Gasteiger partial charge in [0.25, 0.3) is 0 Å². The lowest BCUT2D eigenvalue weighted by molar-refractivity contribution is -0.108. The highest BCUT2D eigenvalue weighted by Crippen LogP contribution is 2.56. The monoisotopic (exact) mass is 139 g/mol. The van der Waals surface area contributed by atoms with E-state index in [0.29, 0.717) is 5.54 Å². The van der Waals surface area contributed by atoms with E-state index in [2.05, 4.69) is 18.9 Å². The van der Waals surface area contributed by atoms with Crippen LogP contribution in [0.5, 0.6) is 0 Å². The average molecular weight is 139 g/mol. The second-order valence-electron chi connectivity index (χ2n) is 3.62. The van der Waals surface area contributed by atoms with Crippen molar-refractivity contribution in [3.63, 3.8) is 0 Å². The minimum atomic E-state index is 0.247. The SMILES string of the molecule is CC1CCC12C(C=O)N2C. The predicted molar refractivity (Wildman–Crippen MR) is 38.7 cm³/mol. The molecule has 0 aromatic heterocycles. The maximum absolute atomic E-state index is 10.5. The van der Waals surface area contributed by atoms with Gasteiger partial charge < -0.3 is 4.79 Å². The van der Waals surface area contributed by atoms with Gasteiger partial charge in [-0.1, -0.05) is 6.92 Å². The molecule has 2 fully saturated rings. The molecule has 2 nitrogen and oxygen atoms in total. The first-order chi connectivity index (χ1) is 4.73. The van der Waals surface area contributed by atoms with E-state index in [-0.39, 0.29) is 6.04 Å². The van der Waals surface area contributed by atoms with Crippen LogP contribution in [0.15, 0.2) is 0 Å². The molecule has 1 aliphatic carbocycles. The highest BCUT2D eigenvalue weighted by atomic mass is 16.1. The summed E-state index contributed by atoms with van der Waals surface area (Å²) in [6, 6.07) is 0.247. The van der Waals surface area contributed by atoms with E-state index < -0.39 is 0 Å². The third kappa shape index (κ3) is 0.439. The molecular weight excluding hydrogens is 126 g/mol. The number of rotatable bonds is 1. The van der Waals surface area contributed by atoms with Gasteiger partial charge in [-0.25, -0.2) is 0 Å².